The number of aliphatic hydroxyl groups excluding tert-OH is 1. The van der Waals surface area contributed by atoms with Crippen molar-refractivity contribution in [2.45, 2.75) is 45.6 Å². The Bertz CT molecular complexity index is 166. The predicted octanol–water partition coefficient (Wildman–Crippen LogP) is 2.44. The van der Waals surface area contributed by atoms with E-state index in [4.69, 9.17) is 0 Å². The third-order valence-electron chi connectivity index (χ3n) is 4.21. The van der Waals surface area contributed by atoms with E-state index in [2.05, 4.69) is 13.8 Å². The van der Waals surface area contributed by atoms with Gasteiger partial charge in [-0.25, -0.2) is 0 Å². The Kier molecular flexibility index (Phi) is 2.16. The van der Waals surface area contributed by atoms with Gasteiger partial charge in [-0.1, -0.05) is 20.3 Å². The van der Waals surface area contributed by atoms with Crippen molar-refractivity contribution in [3.8, 4) is 0 Å². The second-order valence-corrected chi connectivity index (χ2v) is 4.99. The summed E-state index contributed by atoms with van der Waals surface area (Å²) in [4.78, 5) is 0. The molecule has 0 aromatic carbocycles. The van der Waals surface area contributed by atoms with Crippen LogP contribution in [-0.4, -0.2) is 11.2 Å². The number of hydrogen-bond acceptors (Lipinski definition) is 1. The fraction of sp³-hybridized carbons (Fsp3) is 1.00. The summed E-state index contributed by atoms with van der Waals surface area (Å²) in [5.41, 5.74) is 0. The summed E-state index contributed by atoms with van der Waals surface area (Å²) in [6.07, 6.45) is 5.11. The molecular weight excluding hydrogens is 148 g/mol. The molecule has 2 fully saturated rings. The highest BCUT2D eigenvalue weighted by atomic mass is 16.3. The van der Waals surface area contributed by atoms with E-state index in [1.54, 1.807) is 0 Å². The van der Waals surface area contributed by atoms with Crippen LogP contribution < -0.4 is 0 Å². The number of aliphatic hydroxyl groups is 1. The zero-order chi connectivity index (χ0) is 8.72. The predicted molar refractivity (Wildman–Crippen MR) is 49.8 cm³/mol. The zero-order valence-corrected chi connectivity index (χ0v) is 8.16. The lowest BCUT2D eigenvalue weighted by Gasteiger charge is -2.45. The molecule has 0 aromatic rings. The summed E-state index contributed by atoms with van der Waals surface area (Å²) in [7, 11) is 0. The molecule has 0 amide bonds. The highest BCUT2D eigenvalue weighted by molar-refractivity contribution is 4.90. The van der Waals surface area contributed by atoms with E-state index in [-0.39, 0.29) is 6.10 Å². The highest BCUT2D eigenvalue weighted by Gasteiger charge is 2.39. The van der Waals surface area contributed by atoms with Gasteiger partial charge < -0.3 is 5.11 Å². The van der Waals surface area contributed by atoms with Gasteiger partial charge in [-0.2, -0.15) is 0 Å². The van der Waals surface area contributed by atoms with Crippen molar-refractivity contribution in [3.63, 3.8) is 0 Å². The van der Waals surface area contributed by atoms with E-state index in [1.165, 1.54) is 19.3 Å². The first-order valence-electron chi connectivity index (χ1n) is 5.36. The molecule has 70 valence electrons. The van der Waals surface area contributed by atoms with Gasteiger partial charge in [0.1, 0.15) is 0 Å². The Balaban J connectivity index is 2.09. The van der Waals surface area contributed by atoms with Crippen molar-refractivity contribution in [1.29, 1.82) is 0 Å². The number of hydrogen-bond donors (Lipinski definition) is 1. The third-order valence-corrected chi connectivity index (χ3v) is 4.21. The van der Waals surface area contributed by atoms with Gasteiger partial charge in [0, 0.05) is 0 Å². The van der Waals surface area contributed by atoms with Gasteiger partial charge in [-0.05, 0) is 42.9 Å². The van der Waals surface area contributed by atoms with Crippen LogP contribution in [0.1, 0.15) is 39.5 Å². The molecule has 1 unspecified atom stereocenters. The summed E-state index contributed by atoms with van der Waals surface area (Å²) in [6, 6.07) is 0. The summed E-state index contributed by atoms with van der Waals surface area (Å²) in [5.74, 6) is 3.09. The summed E-state index contributed by atoms with van der Waals surface area (Å²) < 4.78 is 0. The van der Waals surface area contributed by atoms with Gasteiger partial charge in [-0.15, -0.1) is 0 Å². The number of fused-ring (bicyclic) bond motifs is 2. The van der Waals surface area contributed by atoms with Crippen molar-refractivity contribution in [2.75, 3.05) is 0 Å². The first-order chi connectivity index (χ1) is 5.68. The standard InChI is InChI=1S/C11H20O/c1-7-3-4-9-6-10(7)11(12)5-8(9)2/h7-12H,3-6H2,1-2H3/t7-,8-,9-,10-,11?/m1/s1. The first-order valence-corrected chi connectivity index (χ1v) is 5.36. The van der Waals surface area contributed by atoms with Gasteiger partial charge in [0.15, 0.2) is 0 Å². The quantitative estimate of drug-likeness (QED) is 0.589. The Morgan fingerprint density at radius 1 is 1.00 bits per heavy atom. The molecule has 0 heterocycles. The lowest BCUT2D eigenvalue weighted by Crippen LogP contribution is -2.41. The normalized spacial score (nSPS) is 53.8. The lowest BCUT2D eigenvalue weighted by atomic mass is 9.62. The molecule has 0 aliphatic heterocycles. The van der Waals surface area contributed by atoms with E-state index in [9.17, 15) is 5.11 Å². The summed E-state index contributed by atoms with van der Waals surface area (Å²) in [5, 5.41) is 9.86. The van der Waals surface area contributed by atoms with Crippen LogP contribution in [0.25, 0.3) is 0 Å². The minimum absolute atomic E-state index is 0.00606. The first kappa shape index (κ1) is 8.55. The van der Waals surface area contributed by atoms with Crippen molar-refractivity contribution in [2.24, 2.45) is 23.7 Å². The molecule has 5 atom stereocenters. The van der Waals surface area contributed by atoms with Gasteiger partial charge in [0.05, 0.1) is 6.10 Å². The molecule has 12 heavy (non-hydrogen) atoms. The monoisotopic (exact) mass is 168 g/mol. The van der Waals surface area contributed by atoms with Gasteiger partial charge >= 0.3 is 0 Å². The van der Waals surface area contributed by atoms with Crippen molar-refractivity contribution >= 4 is 0 Å². The van der Waals surface area contributed by atoms with Crippen LogP contribution in [-0.2, 0) is 0 Å². The number of rotatable bonds is 0. The molecule has 0 spiro atoms. The molecule has 2 rings (SSSR count). The fourth-order valence-corrected chi connectivity index (χ4v) is 3.19. The van der Waals surface area contributed by atoms with Crippen LogP contribution in [0.3, 0.4) is 0 Å². The van der Waals surface area contributed by atoms with Gasteiger partial charge in [-0.3, -0.25) is 0 Å². The second-order valence-electron chi connectivity index (χ2n) is 4.99. The molecule has 0 saturated heterocycles. The molecule has 2 saturated carbocycles. The zero-order valence-electron chi connectivity index (χ0n) is 8.16. The van der Waals surface area contributed by atoms with Crippen LogP contribution in [0.2, 0.25) is 0 Å². The second kappa shape index (κ2) is 3.02. The average Bonchev–Trinajstić information content (AvgIpc) is 2.03. The molecule has 0 radical (unpaired) electrons. The van der Waals surface area contributed by atoms with E-state index in [0.717, 1.165) is 24.2 Å². The fourth-order valence-electron chi connectivity index (χ4n) is 3.19. The van der Waals surface area contributed by atoms with Crippen LogP contribution in [0.4, 0.5) is 0 Å². The van der Waals surface area contributed by atoms with Crippen LogP contribution in [0.15, 0.2) is 0 Å². The maximum atomic E-state index is 9.86. The van der Waals surface area contributed by atoms with Crippen LogP contribution in [0, 0.1) is 23.7 Å². The molecule has 1 heteroatoms. The average molecular weight is 168 g/mol. The summed E-state index contributed by atoms with van der Waals surface area (Å²) in [6.45, 7) is 4.61. The largest absolute Gasteiger partial charge is 0.393 e. The maximum absolute atomic E-state index is 9.86. The van der Waals surface area contributed by atoms with Crippen molar-refractivity contribution in [1.82, 2.24) is 0 Å². The van der Waals surface area contributed by atoms with E-state index < -0.39 is 0 Å². The summed E-state index contributed by atoms with van der Waals surface area (Å²) >= 11 is 0. The lowest BCUT2D eigenvalue weighted by molar-refractivity contribution is -0.0326. The van der Waals surface area contributed by atoms with Crippen molar-refractivity contribution < 1.29 is 5.11 Å². The molecule has 1 nitrogen and oxygen atoms in total. The molecule has 2 aliphatic rings. The Morgan fingerprint density at radius 2 is 1.75 bits per heavy atom. The maximum Gasteiger partial charge on any atom is 0.0573 e. The highest BCUT2D eigenvalue weighted by Crippen LogP contribution is 2.45. The van der Waals surface area contributed by atoms with E-state index in [0.29, 0.717) is 5.92 Å². The molecule has 2 aliphatic carbocycles. The molecule has 0 aromatic heterocycles. The minimum Gasteiger partial charge on any atom is -0.393 e. The van der Waals surface area contributed by atoms with Gasteiger partial charge in [0.2, 0.25) is 0 Å². The Hall–Kier alpha value is -0.0400. The van der Waals surface area contributed by atoms with Gasteiger partial charge in [0.25, 0.3) is 0 Å². The van der Waals surface area contributed by atoms with E-state index >= 15 is 0 Å². The van der Waals surface area contributed by atoms with Crippen LogP contribution in [0.5, 0.6) is 0 Å². The third kappa shape index (κ3) is 1.28. The smallest absolute Gasteiger partial charge is 0.0573 e. The van der Waals surface area contributed by atoms with Crippen molar-refractivity contribution in [3.05, 3.63) is 0 Å². The van der Waals surface area contributed by atoms with E-state index in [1.807, 2.05) is 0 Å². The van der Waals surface area contributed by atoms with Crippen LogP contribution >= 0.6 is 0 Å². The Morgan fingerprint density at radius 3 is 2.50 bits per heavy atom. The topological polar surface area (TPSA) is 20.2 Å². The minimum atomic E-state index is 0.00606. The molecule has 1 N–H and O–H groups in total. The molecule has 2 bridgehead atoms. The Labute approximate surface area is 75.2 Å². The SMILES string of the molecule is C[C@@H]1CC(O)[C@@H]2C[C@H]1CC[C@H]2C. The molecular formula is C11H20O.